The van der Waals surface area contributed by atoms with Gasteiger partial charge in [-0.2, -0.15) is 5.26 Å². The lowest BCUT2D eigenvalue weighted by molar-refractivity contribution is -0.152. The number of esters is 1. The second kappa shape index (κ2) is 8.66. The molecule has 3 rings (SSSR count). The summed E-state index contributed by atoms with van der Waals surface area (Å²) in [4.78, 5) is 37.5. The number of anilines is 1. The van der Waals surface area contributed by atoms with Gasteiger partial charge in [0.05, 0.1) is 17.4 Å². The average Bonchev–Trinajstić information content (AvgIpc) is 3.00. The number of aryl methyl sites for hydroxylation is 2. The molecular formula is C20H23N5O3S. The largest absolute Gasteiger partial charge is 0.457 e. The van der Waals surface area contributed by atoms with E-state index in [1.807, 2.05) is 0 Å². The van der Waals surface area contributed by atoms with Crippen molar-refractivity contribution in [2.75, 3.05) is 24.6 Å². The summed E-state index contributed by atoms with van der Waals surface area (Å²) in [5.41, 5.74) is 1.14. The number of hydrogen-bond acceptors (Lipinski definition) is 9. The van der Waals surface area contributed by atoms with Crippen LogP contribution in [0.4, 0.5) is 5.82 Å². The van der Waals surface area contributed by atoms with Crippen LogP contribution in [-0.4, -0.2) is 47.1 Å². The van der Waals surface area contributed by atoms with Crippen molar-refractivity contribution < 1.29 is 14.3 Å². The van der Waals surface area contributed by atoms with Gasteiger partial charge in [-0.15, -0.1) is 11.3 Å². The molecular weight excluding hydrogens is 390 g/mol. The lowest BCUT2D eigenvalue weighted by Gasteiger charge is -2.32. The van der Waals surface area contributed by atoms with Gasteiger partial charge in [0.2, 0.25) is 0 Å². The van der Waals surface area contributed by atoms with Crippen molar-refractivity contribution in [1.29, 1.82) is 10.7 Å². The van der Waals surface area contributed by atoms with Crippen LogP contribution in [0.25, 0.3) is 10.2 Å². The molecule has 1 fully saturated rings. The summed E-state index contributed by atoms with van der Waals surface area (Å²) in [6, 6.07) is 1.77. The topological polar surface area (TPSA) is 120 Å². The maximum absolute atomic E-state index is 12.3. The number of piperidine rings is 1. The third-order valence-electron chi connectivity index (χ3n) is 5.31. The molecule has 0 aliphatic carbocycles. The molecule has 0 aromatic carbocycles. The smallest absolute Gasteiger partial charge is 0.309 e. The lowest BCUT2D eigenvalue weighted by Crippen LogP contribution is -2.38. The van der Waals surface area contributed by atoms with Gasteiger partial charge in [0.25, 0.3) is 0 Å². The first kappa shape index (κ1) is 20.9. The van der Waals surface area contributed by atoms with Crippen molar-refractivity contribution in [3.8, 4) is 6.07 Å². The zero-order valence-corrected chi connectivity index (χ0v) is 17.5. The molecule has 29 heavy (non-hydrogen) atoms. The minimum atomic E-state index is -1.15. The summed E-state index contributed by atoms with van der Waals surface area (Å²) in [5, 5.41) is 17.5. The van der Waals surface area contributed by atoms with Crippen LogP contribution >= 0.6 is 11.3 Å². The predicted octanol–water partition coefficient (Wildman–Crippen LogP) is 2.82. The first-order chi connectivity index (χ1) is 13.8. The van der Waals surface area contributed by atoms with E-state index in [1.54, 1.807) is 23.7 Å². The van der Waals surface area contributed by atoms with Crippen molar-refractivity contribution in [2.45, 2.75) is 33.6 Å². The Morgan fingerprint density at radius 3 is 2.69 bits per heavy atom. The highest BCUT2D eigenvalue weighted by atomic mass is 32.1. The number of nitrogens with zero attached hydrogens (tertiary/aromatic N) is 4. The van der Waals surface area contributed by atoms with Crippen molar-refractivity contribution in [3.63, 3.8) is 0 Å². The second-order valence-electron chi connectivity index (χ2n) is 7.24. The number of thiophene rings is 1. The maximum atomic E-state index is 12.3. The number of ketones is 1. The summed E-state index contributed by atoms with van der Waals surface area (Å²) < 4.78 is 5.13. The Bertz CT molecular complexity index is 1000. The highest BCUT2D eigenvalue weighted by molar-refractivity contribution is 7.18. The van der Waals surface area contributed by atoms with E-state index in [0.29, 0.717) is 25.9 Å². The number of nitrogens with one attached hydrogen (secondary N) is 1. The fourth-order valence-corrected chi connectivity index (χ4v) is 4.48. The molecule has 1 atom stereocenters. The molecule has 2 aromatic heterocycles. The van der Waals surface area contributed by atoms with E-state index < -0.39 is 24.3 Å². The van der Waals surface area contributed by atoms with Crippen LogP contribution in [0.2, 0.25) is 0 Å². The molecule has 0 bridgehead atoms. The maximum Gasteiger partial charge on any atom is 0.309 e. The zero-order valence-electron chi connectivity index (χ0n) is 16.7. The quantitative estimate of drug-likeness (QED) is 0.571. The Kier molecular flexibility index (Phi) is 6.23. The van der Waals surface area contributed by atoms with Crippen LogP contribution in [0.1, 0.15) is 30.2 Å². The molecule has 2 aromatic rings. The molecule has 0 saturated carbocycles. The van der Waals surface area contributed by atoms with Gasteiger partial charge in [-0.25, -0.2) is 9.97 Å². The fourth-order valence-electron chi connectivity index (χ4n) is 3.48. The lowest BCUT2D eigenvalue weighted by atomic mass is 9.96. The number of hydrogen-bond donors (Lipinski definition) is 1. The minimum absolute atomic E-state index is 0.0445. The number of carbonyl (C=O) groups excluding carboxylic acids is 2. The summed E-state index contributed by atoms with van der Waals surface area (Å²) in [7, 11) is 0. The Hall–Kier alpha value is -2.86. The molecule has 0 unspecified atom stereocenters. The number of Topliss-reactive ketones (excluding diaryl/α,β-unsaturated/α-hetero) is 1. The van der Waals surface area contributed by atoms with Crippen LogP contribution < -0.4 is 4.90 Å². The summed E-state index contributed by atoms with van der Waals surface area (Å²) in [5.74, 6) is -1.52. The zero-order chi connectivity index (χ0) is 21.1. The molecule has 1 saturated heterocycles. The van der Waals surface area contributed by atoms with E-state index in [-0.39, 0.29) is 11.6 Å². The number of rotatable bonds is 6. The summed E-state index contributed by atoms with van der Waals surface area (Å²) in [6.07, 6.45) is 2.79. The Morgan fingerprint density at radius 1 is 1.38 bits per heavy atom. The first-order valence-electron chi connectivity index (χ1n) is 9.43. The van der Waals surface area contributed by atoms with E-state index in [4.69, 9.17) is 15.4 Å². The Morgan fingerprint density at radius 2 is 2.07 bits per heavy atom. The van der Waals surface area contributed by atoms with Gasteiger partial charge in [-0.1, -0.05) is 0 Å². The first-order valence-corrected chi connectivity index (χ1v) is 10.2. The van der Waals surface area contributed by atoms with Crippen LogP contribution in [-0.2, 0) is 14.3 Å². The predicted molar refractivity (Wildman–Crippen MR) is 110 cm³/mol. The van der Waals surface area contributed by atoms with Gasteiger partial charge in [0.15, 0.2) is 12.4 Å². The third-order valence-corrected chi connectivity index (χ3v) is 6.43. The standard InChI is InChI=1S/C20H23N5O3S/c1-11-13(3)29-19-17(11)18(23-10-24-19)25-6-4-14(5-7-25)20(27)28-9-16(26)15(8-21)12(2)22/h10,14-15,22H,4-7,9H2,1-3H3/t15-/m0/s1. The molecule has 8 nitrogen and oxygen atoms in total. The van der Waals surface area contributed by atoms with Crippen molar-refractivity contribution in [2.24, 2.45) is 11.8 Å². The molecule has 1 aliphatic heterocycles. The number of fused-ring (bicyclic) bond motifs is 1. The summed E-state index contributed by atoms with van der Waals surface area (Å²) >= 11 is 1.66. The molecule has 3 heterocycles. The van der Waals surface area contributed by atoms with Crippen LogP contribution in [0.5, 0.6) is 0 Å². The normalized spacial score (nSPS) is 15.7. The summed E-state index contributed by atoms with van der Waals surface area (Å²) in [6.45, 7) is 6.40. The molecule has 0 radical (unpaired) electrons. The molecule has 9 heteroatoms. The second-order valence-corrected chi connectivity index (χ2v) is 8.44. The van der Waals surface area contributed by atoms with Crippen LogP contribution in [0, 0.1) is 42.4 Å². The van der Waals surface area contributed by atoms with Crippen LogP contribution in [0.3, 0.4) is 0 Å². The number of ether oxygens (including phenoxy) is 1. The van der Waals surface area contributed by atoms with E-state index >= 15 is 0 Å². The van der Waals surface area contributed by atoms with Gasteiger partial charge in [0.1, 0.15) is 22.9 Å². The van der Waals surface area contributed by atoms with Crippen molar-refractivity contribution >= 4 is 44.8 Å². The van der Waals surface area contributed by atoms with Gasteiger partial charge >= 0.3 is 5.97 Å². The van der Waals surface area contributed by atoms with Crippen molar-refractivity contribution in [3.05, 3.63) is 16.8 Å². The number of nitriles is 1. The highest BCUT2D eigenvalue weighted by Crippen LogP contribution is 2.35. The van der Waals surface area contributed by atoms with E-state index in [1.165, 1.54) is 17.4 Å². The molecule has 0 amide bonds. The highest BCUT2D eigenvalue weighted by Gasteiger charge is 2.29. The molecule has 1 aliphatic rings. The third kappa shape index (κ3) is 4.27. The number of carbonyl (C=O) groups is 2. The number of aromatic nitrogens is 2. The van der Waals surface area contributed by atoms with Gasteiger partial charge in [-0.05, 0) is 39.2 Å². The van der Waals surface area contributed by atoms with Gasteiger partial charge in [0, 0.05) is 23.7 Å². The van der Waals surface area contributed by atoms with Crippen LogP contribution in [0.15, 0.2) is 6.33 Å². The van der Waals surface area contributed by atoms with Gasteiger partial charge < -0.3 is 15.0 Å². The minimum Gasteiger partial charge on any atom is -0.457 e. The molecule has 1 N–H and O–H groups in total. The average molecular weight is 414 g/mol. The van der Waals surface area contributed by atoms with E-state index in [9.17, 15) is 9.59 Å². The molecule has 0 spiro atoms. The molecule has 152 valence electrons. The Labute approximate surface area is 173 Å². The van der Waals surface area contributed by atoms with Gasteiger partial charge in [-0.3, -0.25) is 9.59 Å². The van der Waals surface area contributed by atoms with E-state index in [0.717, 1.165) is 16.0 Å². The van der Waals surface area contributed by atoms with Crippen molar-refractivity contribution in [1.82, 2.24) is 9.97 Å². The SMILES string of the molecule is CC(=N)[C@H](C#N)C(=O)COC(=O)C1CCN(c2ncnc3sc(C)c(C)c23)CC1. The monoisotopic (exact) mass is 413 g/mol. The Balaban J connectivity index is 1.60. The fraction of sp³-hybridized carbons (Fsp3) is 0.500. The van der Waals surface area contributed by atoms with E-state index in [2.05, 4.69) is 28.7 Å².